The van der Waals surface area contributed by atoms with E-state index >= 15 is 0 Å². The Morgan fingerprint density at radius 1 is 1.02 bits per heavy atom. The SMILES string of the molecule is COC1CC(OC)C2(CO2)C(OC)CC2CC=CC(CC(OC(C)=O)CC=C(C)C=CC(=O)OC(C(C)C(O)C(C)CCC(=O)C(C)C(OC)C(C)C=CN(C)C=O)C1C)O2. The van der Waals surface area contributed by atoms with Crippen LogP contribution in [0.2, 0.25) is 0 Å². The van der Waals surface area contributed by atoms with Crippen molar-refractivity contribution in [1.82, 2.24) is 4.90 Å². The van der Waals surface area contributed by atoms with Gasteiger partial charge in [0.25, 0.3) is 0 Å². The Bertz CT molecular complexity index is 1520. The number of allylic oxidation sites excluding steroid dienone is 2. The number of amides is 1. The van der Waals surface area contributed by atoms with E-state index in [2.05, 4.69) is 6.08 Å². The monoisotopic (exact) mass is 862 g/mol. The van der Waals surface area contributed by atoms with E-state index in [4.69, 9.17) is 37.9 Å². The number of Topliss-reactive ketones (excluding diaryl/α,β-unsaturated/α-hetero) is 1. The number of ketones is 1. The zero-order valence-corrected chi connectivity index (χ0v) is 38.7. The maximum atomic E-state index is 13.6. The van der Waals surface area contributed by atoms with E-state index in [0.29, 0.717) is 51.5 Å². The van der Waals surface area contributed by atoms with Crippen molar-refractivity contribution in [2.24, 2.45) is 29.6 Å². The molecule has 1 N–H and O–H groups in total. The third-order valence-corrected chi connectivity index (χ3v) is 12.9. The van der Waals surface area contributed by atoms with Gasteiger partial charge in [-0.2, -0.15) is 0 Å². The Labute approximate surface area is 364 Å². The number of nitrogens with zero attached hydrogens (tertiary/aromatic N) is 1. The predicted molar refractivity (Wildman–Crippen MR) is 230 cm³/mol. The fourth-order valence-electron chi connectivity index (χ4n) is 8.95. The maximum absolute atomic E-state index is 13.6. The van der Waals surface area contributed by atoms with Crippen LogP contribution in [0.1, 0.15) is 93.4 Å². The van der Waals surface area contributed by atoms with Crippen molar-refractivity contribution >= 4 is 24.1 Å². The lowest BCUT2D eigenvalue weighted by Gasteiger charge is -2.39. The number of carbonyl (C=O) groups excluding carboxylic acids is 4. The summed E-state index contributed by atoms with van der Waals surface area (Å²) in [5.41, 5.74) is 0.000165. The molecule has 1 saturated heterocycles. The molecule has 61 heavy (non-hydrogen) atoms. The Kier molecular flexibility index (Phi) is 21.5. The molecule has 0 aliphatic carbocycles. The number of rotatable bonds is 17. The average molecular weight is 862 g/mol. The molecule has 2 bridgehead atoms. The van der Waals surface area contributed by atoms with Gasteiger partial charge < -0.3 is 47.9 Å². The number of esters is 2. The number of cyclic esters (lactones) is 1. The second-order valence-corrected chi connectivity index (χ2v) is 17.4. The molecular formula is C47H75NO13. The molecule has 0 radical (unpaired) electrons. The summed E-state index contributed by atoms with van der Waals surface area (Å²) in [6.45, 7) is 13.1. The van der Waals surface area contributed by atoms with Crippen molar-refractivity contribution in [2.45, 2.75) is 154 Å². The van der Waals surface area contributed by atoms with Crippen molar-refractivity contribution < 1.29 is 62.2 Å². The van der Waals surface area contributed by atoms with Crippen LogP contribution in [0.15, 0.2) is 48.2 Å². The number of ether oxygens (including phenoxy) is 8. The zero-order valence-electron chi connectivity index (χ0n) is 38.7. The quantitative estimate of drug-likeness (QED) is 0.0790. The van der Waals surface area contributed by atoms with Gasteiger partial charge in [-0.05, 0) is 25.7 Å². The first-order chi connectivity index (χ1) is 28.9. The topological polar surface area (TPSA) is 169 Å². The van der Waals surface area contributed by atoms with Crippen LogP contribution < -0.4 is 0 Å². The number of hydrogen-bond acceptors (Lipinski definition) is 13. The lowest BCUT2D eigenvalue weighted by atomic mass is 9.78. The van der Waals surface area contributed by atoms with Gasteiger partial charge in [-0.25, -0.2) is 4.79 Å². The molecule has 3 aliphatic heterocycles. The van der Waals surface area contributed by atoms with Gasteiger partial charge in [0.2, 0.25) is 6.41 Å². The van der Waals surface area contributed by atoms with Crippen molar-refractivity contribution in [3.05, 3.63) is 48.2 Å². The first kappa shape index (κ1) is 52.1. The summed E-state index contributed by atoms with van der Waals surface area (Å²) >= 11 is 0. The smallest absolute Gasteiger partial charge is 0.331 e. The van der Waals surface area contributed by atoms with Crippen molar-refractivity contribution in [3.63, 3.8) is 0 Å². The van der Waals surface area contributed by atoms with Crippen LogP contribution in [-0.2, 0) is 57.1 Å². The van der Waals surface area contributed by atoms with Gasteiger partial charge in [0.05, 0.1) is 49.3 Å². The first-order valence-electron chi connectivity index (χ1n) is 21.8. The fraction of sp³-hybridized carbons (Fsp3) is 0.745. The average Bonchev–Trinajstić information content (AvgIpc) is 4.05. The Hall–Kier alpha value is -3.24. The van der Waals surface area contributed by atoms with Gasteiger partial charge >= 0.3 is 11.9 Å². The van der Waals surface area contributed by atoms with Crippen LogP contribution in [0.25, 0.3) is 0 Å². The summed E-state index contributed by atoms with van der Waals surface area (Å²) in [7, 11) is 8.10. The summed E-state index contributed by atoms with van der Waals surface area (Å²) in [6, 6.07) is 0. The highest BCUT2D eigenvalue weighted by Crippen LogP contribution is 2.43. The van der Waals surface area contributed by atoms with E-state index in [0.717, 1.165) is 5.57 Å². The summed E-state index contributed by atoms with van der Waals surface area (Å²) < 4.78 is 48.8. The fourth-order valence-corrected chi connectivity index (χ4v) is 8.95. The lowest BCUT2D eigenvalue weighted by Crippen LogP contribution is -2.50. The van der Waals surface area contributed by atoms with Crippen molar-refractivity contribution in [1.29, 1.82) is 0 Å². The van der Waals surface area contributed by atoms with E-state index in [9.17, 15) is 24.3 Å². The predicted octanol–water partition coefficient (Wildman–Crippen LogP) is 5.94. The summed E-state index contributed by atoms with van der Waals surface area (Å²) in [6.07, 6.45) is 11.9. The molecule has 0 saturated carbocycles. The van der Waals surface area contributed by atoms with E-state index in [-0.39, 0.29) is 48.3 Å². The minimum absolute atomic E-state index is 0.000379. The summed E-state index contributed by atoms with van der Waals surface area (Å²) in [5.74, 6) is -2.88. The molecule has 14 nitrogen and oxygen atoms in total. The minimum atomic E-state index is -0.947. The molecule has 3 aliphatic rings. The molecular weight excluding hydrogens is 787 g/mol. The Balaban J connectivity index is 1.91. The molecule has 14 heteroatoms. The van der Waals surface area contributed by atoms with Crippen LogP contribution in [0.3, 0.4) is 0 Å². The van der Waals surface area contributed by atoms with Crippen LogP contribution >= 0.6 is 0 Å². The largest absolute Gasteiger partial charge is 0.462 e. The number of epoxide rings is 1. The molecule has 1 spiro atoms. The van der Waals surface area contributed by atoms with Gasteiger partial charge in [-0.1, -0.05) is 70.6 Å². The molecule has 1 fully saturated rings. The van der Waals surface area contributed by atoms with E-state index in [1.807, 2.05) is 59.8 Å². The number of aliphatic hydroxyl groups excluding tert-OH is 1. The number of fused-ring (bicyclic) bond motifs is 2. The number of carbonyl (C=O) groups is 4. The van der Waals surface area contributed by atoms with Gasteiger partial charge in [0.15, 0.2) is 0 Å². The third-order valence-electron chi connectivity index (χ3n) is 12.9. The number of aliphatic hydroxyl groups is 1. The lowest BCUT2D eigenvalue weighted by molar-refractivity contribution is -0.159. The molecule has 15 unspecified atom stereocenters. The molecule has 15 atom stereocenters. The molecule has 1 amide bonds. The van der Waals surface area contributed by atoms with Crippen LogP contribution in [-0.4, -0.2) is 137 Å². The van der Waals surface area contributed by atoms with Gasteiger partial charge in [0, 0.05) is 110 Å². The van der Waals surface area contributed by atoms with E-state index in [1.54, 1.807) is 47.8 Å². The molecule has 0 aromatic rings. The molecule has 0 aromatic heterocycles. The van der Waals surface area contributed by atoms with Crippen LogP contribution in [0, 0.1) is 29.6 Å². The van der Waals surface area contributed by atoms with E-state index < -0.39 is 65.9 Å². The second-order valence-electron chi connectivity index (χ2n) is 17.4. The third kappa shape index (κ3) is 15.2. The molecule has 346 valence electrons. The van der Waals surface area contributed by atoms with Gasteiger partial charge in [0.1, 0.15) is 23.6 Å². The number of methoxy groups -OCH3 is 4. The van der Waals surface area contributed by atoms with Crippen LogP contribution in [0.5, 0.6) is 0 Å². The van der Waals surface area contributed by atoms with Crippen LogP contribution in [0.4, 0.5) is 0 Å². The molecule has 3 rings (SSSR count). The first-order valence-corrected chi connectivity index (χ1v) is 21.8. The number of hydrogen-bond donors (Lipinski definition) is 1. The Morgan fingerprint density at radius 2 is 1.69 bits per heavy atom. The highest BCUT2D eigenvalue weighted by molar-refractivity contribution is 5.82. The molecule has 3 heterocycles. The van der Waals surface area contributed by atoms with Crippen molar-refractivity contribution in [3.8, 4) is 0 Å². The van der Waals surface area contributed by atoms with E-state index in [1.165, 1.54) is 17.9 Å². The summed E-state index contributed by atoms with van der Waals surface area (Å²) in [5, 5.41) is 11.9. The minimum Gasteiger partial charge on any atom is -0.462 e. The second kappa shape index (κ2) is 25.2. The Morgan fingerprint density at radius 3 is 2.28 bits per heavy atom. The highest BCUT2D eigenvalue weighted by Gasteiger charge is 2.59. The highest BCUT2D eigenvalue weighted by atomic mass is 16.6. The maximum Gasteiger partial charge on any atom is 0.331 e. The zero-order chi connectivity index (χ0) is 45.4. The van der Waals surface area contributed by atoms with Crippen molar-refractivity contribution in [2.75, 3.05) is 42.1 Å². The van der Waals surface area contributed by atoms with Gasteiger partial charge in [-0.15, -0.1) is 0 Å². The standard InChI is InChI=1S/C47H75NO13/c1-29-16-19-38(59-35(7)50)24-36-14-13-15-37(60-36)25-41(55-10)47(27-58-47)42(56-11)26-40(54-9)33(5)46(61-43(52)21-17-29)34(6)44(53)30(2)18-20-39(51)32(4)45(57-12)31(3)22-23-48(8)28-49/h13-14,16-17,21-23,28,30-34,36-38,40-42,44-46,53H,15,18-20,24-27H2,1-12H3. The van der Waals surface area contributed by atoms with Gasteiger partial charge in [-0.3, -0.25) is 14.4 Å². The normalized spacial score (nSPS) is 32.1. The molecule has 0 aromatic carbocycles. The summed E-state index contributed by atoms with van der Waals surface area (Å²) in [4.78, 5) is 51.7.